The number of anilines is 1. The molecule has 3 rings (SSSR count). The normalized spacial score (nSPS) is 14.9. The second-order valence-electron chi connectivity index (χ2n) is 6.31. The molecular formula is C19H16ClF3N2O2. The molecule has 0 radical (unpaired) electrons. The van der Waals surface area contributed by atoms with Gasteiger partial charge in [0.25, 0.3) is 5.91 Å². The van der Waals surface area contributed by atoms with Crippen molar-refractivity contribution in [2.75, 3.05) is 18.4 Å². The fraction of sp³-hybridized carbons (Fsp3) is 0.263. The maximum absolute atomic E-state index is 13.3. The van der Waals surface area contributed by atoms with Crippen molar-refractivity contribution in [3.63, 3.8) is 0 Å². The molecular weight excluding hydrogens is 381 g/mol. The van der Waals surface area contributed by atoms with Crippen molar-refractivity contribution in [3.8, 4) is 0 Å². The lowest BCUT2D eigenvalue weighted by molar-refractivity contribution is -0.121. The molecule has 1 heterocycles. The largest absolute Gasteiger partial charge is 0.339 e. The molecule has 0 bridgehead atoms. The maximum atomic E-state index is 13.3. The fourth-order valence-corrected chi connectivity index (χ4v) is 3.16. The highest BCUT2D eigenvalue weighted by Crippen LogP contribution is 2.23. The number of nitrogens with one attached hydrogen (secondary N) is 1. The molecule has 1 aliphatic rings. The molecule has 2 aromatic carbocycles. The molecule has 0 unspecified atom stereocenters. The minimum absolute atomic E-state index is 0.0674. The summed E-state index contributed by atoms with van der Waals surface area (Å²) in [7, 11) is 0. The number of carbonyl (C=O) groups excluding carboxylic acids is 2. The zero-order chi connectivity index (χ0) is 19.6. The lowest BCUT2D eigenvalue weighted by atomic mass is 9.95. The first-order chi connectivity index (χ1) is 12.8. The third kappa shape index (κ3) is 4.42. The highest BCUT2D eigenvalue weighted by molar-refractivity contribution is 6.31. The second kappa shape index (κ2) is 8.00. The Bertz CT molecular complexity index is 883. The van der Waals surface area contributed by atoms with Crippen LogP contribution in [0.15, 0.2) is 36.4 Å². The van der Waals surface area contributed by atoms with Crippen LogP contribution in [-0.4, -0.2) is 29.8 Å². The summed E-state index contributed by atoms with van der Waals surface area (Å²) in [5.74, 6) is -3.62. The molecule has 0 saturated carbocycles. The number of rotatable bonds is 3. The number of nitrogens with zero attached hydrogens (tertiary/aromatic N) is 1. The van der Waals surface area contributed by atoms with Crippen LogP contribution < -0.4 is 5.32 Å². The smallest absolute Gasteiger partial charge is 0.253 e. The quantitative estimate of drug-likeness (QED) is 0.843. The summed E-state index contributed by atoms with van der Waals surface area (Å²) in [6.07, 6.45) is 0.854. The van der Waals surface area contributed by atoms with Crippen LogP contribution in [0.4, 0.5) is 18.9 Å². The molecule has 0 atom stereocenters. The number of piperidine rings is 1. The Kier molecular flexibility index (Phi) is 5.70. The number of amides is 2. The molecule has 1 fully saturated rings. The van der Waals surface area contributed by atoms with Crippen LogP contribution in [0.2, 0.25) is 5.02 Å². The number of likely N-dealkylation sites (tertiary alicyclic amines) is 1. The van der Waals surface area contributed by atoms with Crippen LogP contribution >= 0.6 is 11.6 Å². The van der Waals surface area contributed by atoms with Crippen molar-refractivity contribution in [1.82, 2.24) is 4.90 Å². The van der Waals surface area contributed by atoms with E-state index in [0.29, 0.717) is 31.6 Å². The first-order valence-corrected chi connectivity index (χ1v) is 8.73. The van der Waals surface area contributed by atoms with E-state index >= 15 is 0 Å². The zero-order valence-corrected chi connectivity index (χ0v) is 14.9. The average Bonchev–Trinajstić information content (AvgIpc) is 2.66. The van der Waals surface area contributed by atoms with Crippen molar-refractivity contribution in [2.24, 2.45) is 5.92 Å². The Morgan fingerprint density at radius 2 is 1.63 bits per heavy atom. The van der Waals surface area contributed by atoms with E-state index in [4.69, 9.17) is 11.6 Å². The maximum Gasteiger partial charge on any atom is 0.253 e. The number of halogens is 4. The van der Waals surface area contributed by atoms with E-state index in [1.165, 1.54) is 29.2 Å². The van der Waals surface area contributed by atoms with Gasteiger partial charge in [0.2, 0.25) is 5.91 Å². The molecule has 4 nitrogen and oxygen atoms in total. The van der Waals surface area contributed by atoms with Gasteiger partial charge in [0.15, 0.2) is 11.6 Å². The average molecular weight is 397 g/mol. The lowest BCUT2D eigenvalue weighted by Gasteiger charge is -2.31. The molecule has 1 aliphatic heterocycles. The van der Waals surface area contributed by atoms with E-state index in [2.05, 4.69) is 5.32 Å². The third-order valence-electron chi connectivity index (χ3n) is 4.51. The monoisotopic (exact) mass is 396 g/mol. The van der Waals surface area contributed by atoms with Crippen LogP contribution in [-0.2, 0) is 4.79 Å². The lowest BCUT2D eigenvalue weighted by Crippen LogP contribution is -2.41. The molecule has 0 aliphatic carbocycles. The van der Waals surface area contributed by atoms with Crippen LogP contribution in [0, 0.1) is 23.4 Å². The van der Waals surface area contributed by atoms with E-state index < -0.39 is 23.4 Å². The summed E-state index contributed by atoms with van der Waals surface area (Å²) in [6, 6.07) is 6.93. The number of hydrogen-bond acceptors (Lipinski definition) is 2. The molecule has 0 spiro atoms. The molecule has 2 amide bonds. The standard InChI is InChI=1S/C19H16ClF3N2O2/c20-14-10-13(2-4-15(14)21)24-18(26)11-5-7-25(8-6-11)19(27)12-1-3-16(22)17(23)9-12/h1-4,9-11H,5-8H2,(H,24,26). The number of carbonyl (C=O) groups is 2. The van der Waals surface area contributed by atoms with E-state index in [-0.39, 0.29) is 22.4 Å². The third-order valence-corrected chi connectivity index (χ3v) is 4.80. The molecule has 27 heavy (non-hydrogen) atoms. The Morgan fingerprint density at radius 3 is 2.26 bits per heavy atom. The first-order valence-electron chi connectivity index (χ1n) is 8.35. The van der Waals surface area contributed by atoms with Crippen molar-refractivity contribution in [2.45, 2.75) is 12.8 Å². The zero-order valence-electron chi connectivity index (χ0n) is 14.1. The van der Waals surface area contributed by atoms with Crippen molar-refractivity contribution in [3.05, 3.63) is 64.4 Å². The summed E-state index contributed by atoms with van der Waals surface area (Å²) in [5.41, 5.74) is 0.462. The molecule has 1 N–H and O–H groups in total. The van der Waals surface area contributed by atoms with Gasteiger partial charge >= 0.3 is 0 Å². The van der Waals surface area contributed by atoms with Crippen molar-refractivity contribution >= 4 is 29.1 Å². The summed E-state index contributed by atoms with van der Waals surface area (Å²) >= 11 is 5.70. The Balaban J connectivity index is 1.57. The molecule has 1 saturated heterocycles. The second-order valence-corrected chi connectivity index (χ2v) is 6.72. The van der Waals surface area contributed by atoms with E-state index in [1.54, 1.807) is 0 Å². The predicted octanol–water partition coefficient (Wildman–Crippen LogP) is 4.25. The predicted molar refractivity (Wildman–Crippen MR) is 95.0 cm³/mol. The molecule has 2 aromatic rings. The van der Waals surface area contributed by atoms with Gasteiger partial charge in [-0.1, -0.05) is 11.6 Å². The van der Waals surface area contributed by atoms with E-state index in [1.807, 2.05) is 0 Å². The van der Waals surface area contributed by atoms with Gasteiger partial charge in [0.05, 0.1) is 5.02 Å². The fourth-order valence-electron chi connectivity index (χ4n) is 2.97. The minimum atomic E-state index is -1.08. The Morgan fingerprint density at radius 1 is 0.963 bits per heavy atom. The molecule has 0 aromatic heterocycles. The van der Waals surface area contributed by atoms with Crippen molar-refractivity contribution in [1.29, 1.82) is 0 Å². The highest BCUT2D eigenvalue weighted by atomic mass is 35.5. The van der Waals surface area contributed by atoms with Gasteiger partial charge in [-0.15, -0.1) is 0 Å². The van der Waals surface area contributed by atoms with Gasteiger partial charge in [-0.05, 0) is 49.2 Å². The van der Waals surface area contributed by atoms with Gasteiger partial charge in [0.1, 0.15) is 5.82 Å². The van der Waals surface area contributed by atoms with Gasteiger partial charge < -0.3 is 10.2 Å². The summed E-state index contributed by atoms with van der Waals surface area (Å²) in [5, 5.41) is 2.60. The Labute approximate surface area is 158 Å². The summed E-state index contributed by atoms with van der Waals surface area (Å²) in [4.78, 5) is 26.2. The van der Waals surface area contributed by atoms with Crippen LogP contribution in [0.3, 0.4) is 0 Å². The van der Waals surface area contributed by atoms with Crippen LogP contribution in [0.5, 0.6) is 0 Å². The van der Waals surface area contributed by atoms with Crippen LogP contribution in [0.25, 0.3) is 0 Å². The van der Waals surface area contributed by atoms with Crippen molar-refractivity contribution < 1.29 is 22.8 Å². The van der Waals surface area contributed by atoms with Crippen LogP contribution in [0.1, 0.15) is 23.2 Å². The topological polar surface area (TPSA) is 49.4 Å². The van der Waals surface area contributed by atoms with Gasteiger partial charge in [-0.3, -0.25) is 9.59 Å². The number of hydrogen-bond donors (Lipinski definition) is 1. The van der Waals surface area contributed by atoms with Gasteiger partial charge in [0, 0.05) is 30.3 Å². The van der Waals surface area contributed by atoms with E-state index in [0.717, 1.165) is 12.1 Å². The molecule has 142 valence electrons. The first kappa shape index (κ1) is 19.2. The molecule has 8 heteroatoms. The number of benzene rings is 2. The summed E-state index contributed by atoms with van der Waals surface area (Å²) < 4.78 is 39.5. The van der Waals surface area contributed by atoms with Gasteiger partial charge in [-0.25, -0.2) is 13.2 Å². The summed E-state index contributed by atoms with van der Waals surface area (Å²) in [6.45, 7) is 0.639. The SMILES string of the molecule is O=C(Nc1ccc(F)c(Cl)c1)C1CCN(C(=O)c2ccc(F)c(F)c2)CC1. The van der Waals surface area contributed by atoms with E-state index in [9.17, 15) is 22.8 Å². The highest BCUT2D eigenvalue weighted by Gasteiger charge is 2.28. The van der Waals surface area contributed by atoms with Gasteiger partial charge in [-0.2, -0.15) is 0 Å². The minimum Gasteiger partial charge on any atom is -0.339 e. The Hall–Kier alpha value is -2.54.